The van der Waals surface area contributed by atoms with Crippen LogP contribution >= 0.6 is 19.0 Å². The van der Waals surface area contributed by atoms with Crippen molar-refractivity contribution >= 4 is 46.4 Å². The first-order chi connectivity index (χ1) is 11.8. The third kappa shape index (κ3) is 2.78. The van der Waals surface area contributed by atoms with E-state index in [-0.39, 0.29) is 11.0 Å². The predicted octanol–water partition coefficient (Wildman–Crippen LogP) is 3.41. The number of carbonyl (C=O) groups excluding carboxylic acids is 1. The normalized spacial score (nSPS) is 13.8. The lowest BCUT2D eigenvalue weighted by molar-refractivity contribution is 0.0997. The number of fused-ring (bicyclic) bond motifs is 1. The first kappa shape index (κ1) is 17.7. The molecule has 1 unspecified atom stereocenters. The number of aryl methyl sites for hydroxylation is 1. The van der Waals surface area contributed by atoms with Crippen LogP contribution in [0.3, 0.4) is 0 Å². The van der Waals surface area contributed by atoms with Crippen molar-refractivity contribution in [3.63, 3.8) is 0 Å². The van der Waals surface area contributed by atoms with Gasteiger partial charge in [-0.3, -0.25) is 9.36 Å². The number of aromatic nitrogens is 1. The van der Waals surface area contributed by atoms with Gasteiger partial charge in [0.05, 0.1) is 5.30 Å². The van der Waals surface area contributed by atoms with Gasteiger partial charge in [-0.05, 0) is 49.2 Å². The van der Waals surface area contributed by atoms with E-state index < -0.39 is 13.3 Å². The number of amides is 1. The van der Waals surface area contributed by atoms with Crippen LogP contribution in [-0.2, 0) is 9.09 Å². The summed E-state index contributed by atoms with van der Waals surface area (Å²) in [6, 6.07) is 10.6. The van der Waals surface area contributed by atoms with E-state index in [9.17, 15) is 9.36 Å². The number of carbonyl (C=O) groups is 1. The van der Waals surface area contributed by atoms with E-state index in [2.05, 4.69) is 4.98 Å². The standard InChI is InChI=1S/C18H18ClN2O3P/c1-10-5-4-6-15(11(10)2)25(23,24-3)17-13-9-12(19)7-8-14(13)21-16(17)18(20)22/h4-9,21H,1-3H3,(H2,20,22). The molecular formula is C18H18ClN2O3P. The molecule has 0 radical (unpaired) electrons. The van der Waals surface area contributed by atoms with Crippen molar-refractivity contribution in [3.8, 4) is 0 Å². The summed E-state index contributed by atoms with van der Waals surface area (Å²) in [7, 11) is -2.20. The maximum absolute atomic E-state index is 14.0. The minimum atomic E-state index is -3.57. The summed E-state index contributed by atoms with van der Waals surface area (Å²) in [6.07, 6.45) is 0. The number of hydrogen-bond donors (Lipinski definition) is 2. The maximum atomic E-state index is 14.0. The van der Waals surface area contributed by atoms with Crippen molar-refractivity contribution in [3.05, 3.63) is 58.2 Å². The maximum Gasteiger partial charge on any atom is 0.266 e. The smallest absolute Gasteiger partial charge is 0.266 e. The molecule has 3 rings (SSSR count). The SMILES string of the molecule is COP(=O)(c1cccc(C)c1C)c1c(C(N)=O)[nH]c2ccc(Cl)cc12. The number of hydrogen-bond acceptors (Lipinski definition) is 3. The van der Waals surface area contributed by atoms with E-state index in [1.165, 1.54) is 7.11 Å². The van der Waals surface area contributed by atoms with Crippen LogP contribution < -0.4 is 16.3 Å². The Labute approximate surface area is 150 Å². The van der Waals surface area contributed by atoms with Crippen LogP contribution in [-0.4, -0.2) is 18.0 Å². The quantitative estimate of drug-likeness (QED) is 0.684. The molecule has 1 atom stereocenters. The Hall–Kier alpha value is -2.07. The van der Waals surface area contributed by atoms with Crippen LogP contribution in [0.4, 0.5) is 0 Å². The fraction of sp³-hybridized carbons (Fsp3) is 0.167. The molecule has 1 aromatic heterocycles. The molecule has 0 aliphatic rings. The lowest BCUT2D eigenvalue weighted by Gasteiger charge is -2.20. The molecule has 0 fully saturated rings. The Morgan fingerprint density at radius 3 is 2.60 bits per heavy atom. The molecule has 0 aliphatic heterocycles. The Bertz CT molecular complexity index is 1040. The topological polar surface area (TPSA) is 85.2 Å². The summed E-state index contributed by atoms with van der Waals surface area (Å²) in [6.45, 7) is 3.81. The molecular weight excluding hydrogens is 359 g/mol. The van der Waals surface area contributed by atoms with Crippen LogP contribution in [0, 0.1) is 13.8 Å². The number of aromatic amines is 1. The molecule has 0 bridgehead atoms. The fourth-order valence-electron chi connectivity index (χ4n) is 3.00. The highest BCUT2D eigenvalue weighted by Crippen LogP contribution is 2.48. The van der Waals surface area contributed by atoms with Crippen molar-refractivity contribution in [1.29, 1.82) is 0 Å². The minimum Gasteiger partial charge on any atom is -0.364 e. The molecule has 0 aliphatic carbocycles. The van der Waals surface area contributed by atoms with Crippen LogP contribution in [0.5, 0.6) is 0 Å². The first-order valence-corrected chi connectivity index (χ1v) is 9.64. The average Bonchev–Trinajstić information content (AvgIpc) is 2.96. The monoisotopic (exact) mass is 376 g/mol. The van der Waals surface area contributed by atoms with Gasteiger partial charge >= 0.3 is 0 Å². The zero-order chi connectivity index (χ0) is 18.4. The van der Waals surface area contributed by atoms with Crippen molar-refractivity contribution in [1.82, 2.24) is 4.98 Å². The number of halogens is 1. The molecule has 3 N–H and O–H groups in total. The highest BCUT2D eigenvalue weighted by Gasteiger charge is 2.36. The molecule has 5 nitrogen and oxygen atoms in total. The van der Waals surface area contributed by atoms with Gasteiger partial charge in [0, 0.05) is 28.3 Å². The Kier molecular flexibility index (Phi) is 4.50. The van der Waals surface area contributed by atoms with Gasteiger partial charge < -0.3 is 15.2 Å². The van der Waals surface area contributed by atoms with Gasteiger partial charge in [0.15, 0.2) is 0 Å². The summed E-state index contributed by atoms with van der Waals surface area (Å²) >= 11 is 6.11. The molecule has 1 amide bonds. The summed E-state index contributed by atoms with van der Waals surface area (Å²) in [5, 5.41) is 1.83. The van der Waals surface area contributed by atoms with E-state index in [0.717, 1.165) is 11.1 Å². The lowest BCUT2D eigenvalue weighted by atomic mass is 10.1. The Morgan fingerprint density at radius 2 is 1.96 bits per heavy atom. The highest BCUT2D eigenvalue weighted by molar-refractivity contribution is 7.75. The zero-order valence-corrected chi connectivity index (χ0v) is 15.7. The van der Waals surface area contributed by atoms with E-state index in [1.807, 2.05) is 26.0 Å². The molecule has 0 saturated heterocycles. The Balaban J connectivity index is 2.45. The van der Waals surface area contributed by atoms with Gasteiger partial charge in [0.25, 0.3) is 13.3 Å². The van der Waals surface area contributed by atoms with Crippen LogP contribution in [0.15, 0.2) is 36.4 Å². The van der Waals surface area contributed by atoms with E-state index >= 15 is 0 Å². The molecule has 3 aromatic rings. The third-order valence-corrected chi connectivity index (χ3v) is 7.35. The van der Waals surface area contributed by atoms with Crippen LogP contribution in [0.25, 0.3) is 10.9 Å². The van der Waals surface area contributed by atoms with Crippen molar-refractivity contribution in [2.75, 3.05) is 7.11 Å². The molecule has 0 spiro atoms. The summed E-state index contributed by atoms with van der Waals surface area (Å²) in [5.74, 6) is -0.704. The average molecular weight is 377 g/mol. The van der Waals surface area contributed by atoms with Crippen LogP contribution in [0.2, 0.25) is 5.02 Å². The molecule has 7 heteroatoms. The molecule has 1 heterocycles. The van der Waals surface area contributed by atoms with Gasteiger partial charge in [-0.15, -0.1) is 0 Å². The second-order valence-electron chi connectivity index (χ2n) is 5.86. The second-order valence-corrected chi connectivity index (χ2v) is 8.69. The third-order valence-electron chi connectivity index (χ3n) is 4.42. The molecule has 25 heavy (non-hydrogen) atoms. The van der Waals surface area contributed by atoms with Crippen molar-refractivity contribution < 1.29 is 13.9 Å². The molecule has 130 valence electrons. The Morgan fingerprint density at radius 1 is 1.24 bits per heavy atom. The minimum absolute atomic E-state index is 0.0726. The first-order valence-electron chi connectivity index (χ1n) is 7.63. The fourth-order valence-corrected chi connectivity index (χ4v) is 5.65. The highest BCUT2D eigenvalue weighted by atomic mass is 35.5. The molecule has 2 aromatic carbocycles. The van der Waals surface area contributed by atoms with Gasteiger partial charge in [-0.25, -0.2) is 0 Å². The second kappa shape index (κ2) is 6.34. The number of benzene rings is 2. The lowest BCUT2D eigenvalue weighted by Crippen LogP contribution is -2.27. The van der Waals surface area contributed by atoms with E-state index in [4.69, 9.17) is 21.9 Å². The van der Waals surface area contributed by atoms with E-state index in [0.29, 0.717) is 21.2 Å². The largest absolute Gasteiger partial charge is 0.364 e. The van der Waals surface area contributed by atoms with E-state index in [1.54, 1.807) is 24.3 Å². The van der Waals surface area contributed by atoms with Gasteiger partial charge in [0.2, 0.25) is 0 Å². The number of nitrogens with one attached hydrogen (secondary N) is 1. The zero-order valence-electron chi connectivity index (χ0n) is 14.1. The van der Waals surface area contributed by atoms with Gasteiger partial charge in [0.1, 0.15) is 5.69 Å². The predicted molar refractivity (Wildman–Crippen MR) is 102 cm³/mol. The number of nitrogens with two attached hydrogens (primary N) is 1. The summed E-state index contributed by atoms with van der Waals surface area (Å²) in [4.78, 5) is 15.0. The summed E-state index contributed by atoms with van der Waals surface area (Å²) < 4.78 is 19.5. The number of primary amides is 1. The van der Waals surface area contributed by atoms with Crippen molar-refractivity contribution in [2.24, 2.45) is 5.73 Å². The van der Waals surface area contributed by atoms with Gasteiger partial charge in [-0.2, -0.15) is 0 Å². The number of H-pyrrole nitrogens is 1. The van der Waals surface area contributed by atoms with Gasteiger partial charge in [-0.1, -0.05) is 23.7 Å². The van der Waals surface area contributed by atoms with Crippen molar-refractivity contribution in [2.45, 2.75) is 13.8 Å². The molecule has 0 saturated carbocycles. The van der Waals surface area contributed by atoms with Crippen LogP contribution in [0.1, 0.15) is 21.6 Å². The number of rotatable bonds is 4. The summed E-state index contributed by atoms with van der Waals surface area (Å²) in [5.41, 5.74) is 8.05.